The van der Waals surface area contributed by atoms with Crippen molar-refractivity contribution in [2.24, 2.45) is 0 Å². The van der Waals surface area contributed by atoms with Gasteiger partial charge in [0, 0.05) is 12.6 Å². The number of nitrogens with zero attached hydrogens (tertiary/aromatic N) is 2. The molecule has 9 heteroatoms. The number of ether oxygens (including phenoxy) is 1. The molecule has 0 aromatic carbocycles. The standard InChI is InChI=1S/C11H15F4N3OS/c1-3-4-16-7-5-8(18-10(17-7)20-2)19-6-11(14,15)9(12)13/h5,9H,3-4,6H2,1-2H3,(H,16,17,18). The summed E-state index contributed by atoms with van der Waals surface area (Å²) in [5, 5.41) is 3.26. The van der Waals surface area contributed by atoms with Gasteiger partial charge in [0.25, 0.3) is 0 Å². The largest absolute Gasteiger partial charge is 0.471 e. The van der Waals surface area contributed by atoms with E-state index in [1.807, 2.05) is 6.92 Å². The Morgan fingerprint density at radius 1 is 1.40 bits per heavy atom. The Labute approximate surface area is 118 Å². The van der Waals surface area contributed by atoms with Gasteiger partial charge < -0.3 is 10.1 Å². The van der Waals surface area contributed by atoms with Gasteiger partial charge in [-0.3, -0.25) is 0 Å². The van der Waals surface area contributed by atoms with E-state index in [0.29, 0.717) is 17.5 Å². The summed E-state index contributed by atoms with van der Waals surface area (Å²) in [6, 6.07) is 1.30. The minimum atomic E-state index is -4.21. The number of alkyl halides is 4. The van der Waals surface area contributed by atoms with E-state index < -0.39 is 19.0 Å². The maximum absolute atomic E-state index is 12.8. The molecule has 114 valence electrons. The van der Waals surface area contributed by atoms with Crippen LogP contribution >= 0.6 is 11.8 Å². The fourth-order valence-corrected chi connectivity index (χ4v) is 1.52. The average Bonchev–Trinajstić information content (AvgIpc) is 2.42. The molecule has 1 aromatic heterocycles. The molecule has 0 atom stereocenters. The van der Waals surface area contributed by atoms with E-state index in [4.69, 9.17) is 0 Å². The Hall–Kier alpha value is -1.25. The van der Waals surface area contributed by atoms with Gasteiger partial charge in [-0.2, -0.15) is 13.8 Å². The lowest BCUT2D eigenvalue weighted by molar-refractivity contribution is -0.148. The summed E-state index contributed by atoms with van der Waals surface area (Å²) in [5.74, 6) is -3.97. The molecule has 0 amide bonds. The van der Waals surface area contributed by atoms with E-state index in [1.165, 1.54) is 17.8 Å². The zero-order chi connectivity index (χ0) is 15.2. The van der Waals surface area contributed by atoms with Crippen LogP contribution in [0.2, 0.25) is 0 Å². The van der Waals surface area contributed by atoms with Crippen molar-refractivity contribution in [2.45, 2.75) is 30.8 Å². The first kappa shape index (κ1) is 16.8. The molecule has 1 heterocycles. The number of aromatic nitrogens is 2. The van der Waals surface area contributed by atoms with Gasteiger partial charge in [0.15, 0.2) is 11.8 Å². The number of nitrogens with one attached hydrogen (secondary N) is 1. The SMILES string of the molecule is CCCNc1cc(OCC(F)(F)C(F)F)nc(SC)n1. The van der Waals surface area contributed by atoms with Crippen LogP contribution in [0, 0.1) is 0 Å². The summed E-state index contributed by atoms with van der Waals surface area (Å²) in [5.41, 5.74) is 0. The van der Waals surface area contributed by atoms with Gasteiger partial charge in [-0.25, -0.2) is 13.8 Å². The molecule has 0 aliphatic carbocycles. The summed E-state index contributed by atoms with van der Waals surface area (Å²) in [7, 11) is 0. The predicted octanol–water partition coefficient (Wildman–Crippen LogP) is 3.30. The minimum absolute atomic E-state index is 0.164. The number of thioether (sulfide) groups is 1. The third kappa shape index (κ3) is 5.03. The molecule has 0 unspecified atom stereocenters. The molecule has 4 nitrogen and oxygen atoms in total. The number of hydrogen-bond acceptors (Lipinski definition) is 5. The predicted molar refractivity (Wildman–Crippen MR) is 69.0 cm³/mol. The van der Waals surface area contributed by atoms with Crippen molar-refractivity contribution >= 4 is 17.6 Å². The monoisotopic (exact) mass is 313 g/mol. The number of rotatable bonds is 8. The average molecular weight is 313 g/mol. The van der Waals surface area contributed by atoms with Crippen LogP contribution < -0.4 is 10.1 Å². The first-order valence-electron chi connectivity index (χ1n) is 5.84. The quantitative estimate of drug-likeness (QED) is 0.453. The number of hydrogen-bond donors (Lipinski definition) is 1. The molecule has 0 aliphatic heterocycles. The number of halogens is 4. The van der Waals surface area contributed by atoms with Crippen LogP contribution in [0.1, 0.15) is 13.3 Å². The summed E-state index contributed by atoms with van der Waals surface area (Å²) in [4.78, 5) is 7.93. The molecule has 0 fully saturated rings. The highest BCUT2D eigenvalue weighted by Gasteiger charge is 2.41. The fraction of sp³-hybridized carbons (Fsp3) is 0.636. The molecule has 0 aliphatic rings. The highest BCUT2D eigenvalue weighted by Crippen LogP contribution is 2.25. The second kappa shape index (κ2) is 7.51. The van der Waals surface area contributed by atoms with Crippen molar-refractivity contribution in [2.75, 3.05) is 24.7 Å². The molecule has 0 radical (unpaired) electrons. The molecule has 0 spiro atoms. The molecule has 20 heavy (non-hydrogen) atoms. The maximum Gasteiger partial charge on any atom is 0.340 e. The van der Waals surface area contributed by atoms with E-state index >= 15 is 0 Å². The van der Waals surface area contributed by atoms with E-state index in [9.17, 15) is 17.6 Å². The van der Waals surface area contributed by atoms with Crippen molar-refractivity contribution in [1.29, 1.82) is 0 Å². The lowest BCUT2D eigenvalue weighted by atomic mass is 10.4. The zero-order valence-electron chi connectivity index (χ0n) is 11.0. The van der Waals surface area contributed by atoms with Crippen molar-refractivity contribution in [3.63, 3.8) is 0 Å². The summed E-state index contributed by atoms with van der Waals surface area (Å²) >= 11 is 1.19. The summed E-state index contributed by atoms with van der Waals surface area (Å²) in [6.45, 7) is 1.16. The summed E-state index contributed by atoms with van der Waals surface area (Å²) in [6.07, 6.45) is -1.23. The van der Waals surface area contributed by atoms with E-state index in [-0.39, 0.29) is 5.88 Å². The third-order valence-electron chi connectivity index (χ3n) is 2.15. The van der Waals surface area contributed by atoms with Crippen LogP contribution in [0.3, 0.4) is 0 Å². The van der Waals surface area contributed by atoms with Crippen LogP contribution in [0.25, 0.3) is 0 Å². The van der Waals surface area contributed by atoms with Crippen molar-refractivity contribution in [3.8, 4) is 5.88 Å². The van der Waals surface area contributed by atoms with Gasteiger partial charge in [0.1, 0.15) is 5.82 Å². The van der Waals surface area contributed by atoms with Gasteiger partial charge in [-0.15, -0.1) is 0 Å². The summed E-state index contributed by atoms with van der Waals surface area (Å²) < 4.78 is 54.3. The van der Waals surface area contributed by atoms with Gasteiger partial charge in [-0.1, -0.05) is 18.7 Å². The fourth-order valence-electron chi connectivity index (χ4n) is 1.15. The maximum atomic E-state index is 12.8. The van der Waals surface area contributed by atoms with Crippen LogP contribution in [0.5, 0.6) is 5.88 Å². The Balaban J connectivity index is 2.78. The normalized spacial score (nSPS) is 11.8. The lowest BCUT2D eigenvalue weighted by Gasteiger charge is -2.16. The van der Waals surface area contributed by atoms with Gasteiger partial charge in [0.05, 0.1) is 0 Å². The van der Waals surface area contributed by atoms with Crippen molar-refractivity contribution in [3.05, 3.63) is 6.07 Å². The van der Waals surface area contributed by atoms with Gasteiger partial charge in [-0.05, 0) is 12.7 Å². The van der Waals surface area contributed by atoms with Crippen molar-refractivity contribution in [1.82, 2.24) is 9.97 Å². The molecular formula is C11H15F4N3OS. The lowest BCUT2D eigenvalue weighted by Crippen LogP contribution is -2.34. The Bertz CT molecular complexity index is 434. The second-order valence-corrected chi connectivity index (χ2v) is 4.63. The Kier molecular flexibility index (Phi) is 6.31. The van der Waals surface area contributed by atoms with Crippen LogP contribution in [-0.4, -0.2) is 41.7 Å². The molecule has 1 N–H and O–H groups in total. The smallest absolute Gasteiger partial charge is 0.340 e. The molecule has 0 saturated carbocycles. The van der Waals surface area contributed by atoms with Crippen LogP contribution in [0.4, 0.5) is 23.4 Å². The molecule has 0 saturated heterocycles. The highest BCUT2D eigenvalue weighted by atomic mass is 32.2. The first-order chi connectivity index (χ1) is 9.39. The molecule has 0 bridgehead atoms. The van der Waals surface area contributed by atoms with Gasteiger partial charge >= 0.3 is 12.3 Å². The highest BCUT2D eigenvalue weighted by molar-refractivity contribution is 7.98. The zero-order valence-corrected chi connectivity index (χ0v) is 11.8. The third-order valence-corrected chi connectivity index (χ3v) is 2.70. The van der Waals surface area contributed by atoms with E-state index in [2.05, 4.69) is 20.0 Å². The van der Waals surface area contributed by atoms with E-state index in [0.717, 1.165) is 6.42 Å². The first-order valence-corrected chi connectivity index (χ1v) is 7.07. The second-order valence-electron chi connectivity index (χ2n) is 3.86. The van der Waals surface area contributed by atoms with E-state index in [1.54, 1.807) is 6.26 Å². The topological polar surface area (TPSA) is 47.0 Å². The number of anilines is 1. The van der Waals surface area contributed by atoms with Crippen LogP contribution in [0.15, 0.2) is 11.2 Å². The minimum Gasteiger partial charge on any atom is -0.471 e. The Morgan fingerprint density at radius 3 is 2.65 bits per heavy atom. The molecule has 1 rings (SSSR count). The Morgan fingerprint density at radius 2 is 2.10 bits per heavy atom. The van der Waals surface area contributed by atoms with Crippen LogP contribution in [-0.2, 0) is 0 Å². The van der Waals surface area contributed by atoms with Crippen molar-refractivity contribution < 1.29 is 22.3 Å². The molecule has 1 aromatic rings. The van der Waals surface area contributed by atoms with Gasteiger partial charge in [0.2, 0.25) is 5.88 Å². The molecular weight excluding hydrogens is 298 g/mol.